The van der Waals surface area contributed by atoms with Gasteiger partial charge in [0.2, 0.25) is 5.91 Å². The molecule has 5 atom stereocenters. The van der Waals surface area contributed by atoms with Gasteiger partial charge in [0, 0.05) is 38.3 Å². The van der Waals surface area contributed by atoms with E-state index in [-0.39, 0.29) is 36.8 Å². The molecule has 7 heteroatoms. The quantitative estimate of drug-likeness (QED) is 0.778. The average Bonchev–Trinajstić information content (AvgIpc) is 3.15. The number of amides is 1. The number of nitrogens with two attached hydrogens (primary N) is 1. The molecule has 2 aliphatic carbocycles. The van der Waals surface area contributed by atoms with E-state index in [0.717, 1.165) is 45.6 Å². The molecular weight excluding hydrogens is 361 g/mol. The molecule has 2 N–H and O–H groups in total. The molecule has 0 aromatic carbocycles. The van der Waals surface area contributed by atoms with E-state index in [1.54, 1.807) is 0 Å². The van der Waals surface area contributed by atoms with Crippen molar-refractivity contribution in [3.63, 3.8) is 0 Å². The fraction of sp³-hybridized carbons (Fsp3) is 0.944. The molecule has 1 amide bonds. The summed E-state index contributed by atoms with van der Waals surface area (Å²) in [5.41, 5.74) is 6.36. The Balaban J connectivity index is 0.00000113. The maximum Gasteiger partial charge on any atom is 0.227 e. The number of rotatable bonds is 2. The Hall–Kier alpha value is -0.0700. The third-order valence-electron chi connectivity index (χ3n) is 6.83. The summed E-state index contributed by atoms with van der Waals surface area (Å²) in [7, 11) is 0. The van der Waals surface area contributed by atoms with Gasteiger partial charge in [-0.2, -0.15) is 0 Å². The van der Waals surface area contributed by atoms with Crippen molar-refractivity contribution in [1.29, 1.82) is 0 Å². The van der Waals surface area contributed by atoms with Crippen LogP contribution in [0.5, 0.6) is 0 Å². The molecule has 5 nitrogen and oxygen atoms in total. The lowest BCUT2D eigenvalue weighted by Gasteiger charge is -2.42. The van der Waals surface area contributed by atoms with E-state index < -0.39 is 0 Å². The Morgan fingerprint density at radius 1 is 1.04 bits per heavy atom. The van der Waals surface area contributed by atoms with Crippen LogP contribution in [0.1, 0.15) is 39.0 Å². The van der Waals surface area contributed by atoms with Crippen molar-refractivity contribution >= 4 is 30.7 Å². The molecule has 0 aromatic rings. The second-order valence-corrected chi connectivity index (χ2v) is 8.17. The zero-order chi connectivity index (χ0) is 16.0. The number of nitrogens with zero attached hydrogens (tertiary/aromatic N) is 2. The number of halogens is 2. The number of piperidine rings is 1. The summed E-state index contributed by atoms with van der Waals surface area (Å²) < 4.78 is 5.65. The number of likely N-dealkylation sites (tertiary alicyclic amines) is 1. The standard InChI is InChI=1S/C18H31N3O2.2ClH/c1-12-11-21(8-9-23-12)15-4-6-20(7-5-15)18(22)16-13-2-3-14(10-13)17(16)19;;/h12-17H,2-11,19H2,1H3;2*1H. The molecule has 2 heterocycles. The van der Waals surface area contributed by atoms with Crippen molar-refractivity contribution in [3.8, 4) is 0 Å². The third-order valence-corrected chi connectivity index (χ3v) is 6.83. The van der Waals surface area contributed by atoms with Gasteiger partial charge >= 0.3 is 0 Å². The molecule has 25 heavy (non-hydrogen) atoms. The number of carbonyl (C=O) groups excluding carboxylic acids is 1. The Morgan fingerprint density at radius 3 is 2.32 bits per heavy atom. The number of hydrogen-bond donors (Lipinski definition) is 1. The van der Waals surface area contributed by atoms with Gasteiger partial charge in [-0.3, -0.25) is 9.69 Å². The number of morpholine rings is 1. The third kappa shape index (κ3) is 4.11. The first kappa shape index (κ1) is 21.2. The van der Waals surface area contributed by atoms with E-state index >= 15 is 0 Å². The van der Waals surface area contributed by atoms with Gasteiger partial charge in [-0.1, -0.05) is 0 Å². The summed E-state index contributed by atoms with van der Waals surface area (Å²) in [6.07, 6.45) is 6.21. The highest BCUT2D eigenvalue weighted by molar-refractivity contribution is 5.85. The molecule has 2 aliphatic heterocycles. The molecule has 2 saturated heterocycles. The van der Waals surface area contributed by atoms with Crippen LogP contribution in [0, 0.1) is 17.8 Å². The van der Waals surface area contributed by atoms with Crippen LogP contribution >= 0.6 is 24.8 Å². The number of ether oxygens (including phenoxy) is 1. The highest BCUT2D eigenvalue weighted by Gasteiger charge is 2.50. The Bertz CT molecular complexity index is 458. The lowest BCUT2D eigenvalue weighted by Crippen LogP contribution is -2.54. The average molecular weight is 394 g/mol. The summed E-state index contributed by atoms with van der Waals surface area (Å²) in [6.45, 7) is 6.91. The highest BCUT2D eigenvalue weighted by atomic mass is 35.5. The SMILES string of the molecule is CC1CN(C2CCN(C(=O)C3C4CCC(C4)C3N)CC2)CCO1.Cl.Cl. The van der Waals surface area contributed by atoms with E-state index in [1.807, 2.05) is 0 Å². The fourth-order valence-electron chi connectivity index (χ4n) is 5.54. The highest BCUT2D eigenvalue weighted by Crippen LogP contribution is 2.48. The summed E-state index contributed by atoms with van der Waals surface area (Å²) in [5, 5.41) is 0. The number of hydrogen-bond acceptors (Lipinski definition) is 4. The molecule has 0 aromatic heterocycles. The van der Waals surface area contributed by atoms with Crippen molar-refractivity contribution < 1.29 is 9.53 Å². The minimum Gasteiger partial charge on any atom is -0.376 e. The second kappa shape index (κ2) is 8.75. The second-order valence-electron chi connectivity index (χ2n) is 8.17. The summed E-state index contributed by atoms with van der Waals surface area (Å²) in [5.74, 6) is 1.66. The van der Waals surface area contributed by atoms with E-state index in [0.29, 0.717) is 29.9 Å². The molecule has 4 rings (SSSR count). The van der Waals surface area contributed by atoms with Gasteiger partial charge in [0.05, 0.1) is 18.6 Å². The van der Waals surface area contributed by atoms with Crippen molar-refractivity contribution in [3.05, 3.63) is 0 Å². The summed E-state index contributed by atoms with van der Waals surface area (Å²) in [4.78, 5) is 17.6. The normalized spacial score (nSPS) is 39.0. The van der Waals surface area contributed by atoms with E-state index in [2.05, 4.69) is 16.7 Å². The molecule has 2 bridgehead atoms. The lowest BCUT2D eigenvalue weighted by atomic mass is 9.83. The van der Waals surface area contributed by atoms with Crippen LogP contribution in [-0.4, -0.2) is 66.7 Å². The molecule has 4 fully saturated rings. The summed E-state index contributed by atoms with van der Waals surface area (Å²) >= 11 is 0. The number of carbonyl (C=O) groups is 1. The van der Waals surface area contributed by atoms with Crippen molar-refractivity contribution in [1.82, 2.24) is 9.80 Å². The topological polar surface area (TPSA) is 58.8 Å². The van der Waals surface area contributed by atoms with Crippen LogP contribution in [0.2, 0.25) is 0 Å². The molecule has 0 spiro atoms. The Kier molecular flexibility index (Phi) is 7.43. The van der Waals surface area contributed by atoms with Gasteiger partial charge in [0.25, 0.3) is 0 Å². The first-order valence-electron chi connectivity index (χ1n) is 9.53. The zero-order valence-corrected chi connectivity index (χ0v) is 16.8. The lowest BCUT2D eigenvalue weighted by molar-refractivity contribution is -0.139. The van der Waals surface area contributed by atoms with Crippen molar-refractivity contribution in [2.75, 3.05) is 32.8 Å². The Labute approximate surface area is 163 Å². The van der Waals surface area contributed by atoms with Crippen LogP contribution in [0.15, 0.2) is 0 Å². The molecule has 0 radical (unpaired) electrons. The van der Waals surface area contributed by atoms with Gasteiger partial charge in [-0.05, 0) is 50.9 Å². The minimum absolute atomic E-state index is 0. The van der Waals surface area contributed by atoms with Crippen molar-refractivity contribution in [2.45, 2.75) is 57.2 Å². The number of fused-ring (bicyclic) bond motifs is 2. The maximum atomic E-state index is 12.9. The molecule has 4 aliphatic rings. The van der Waals surface area contributed by atoms with Crippen molar-refractivity contribution in [2.24, 2.45) is 23.5 Å². The largest absolute Gasteiger partial charge is 0.376 e. The molecule has 5 unspecified atom stereocenters. The molecular formula is C18H33Cl2N3O2. The Morgan fingerprint density at radius 2 is 1.72 bits per heavy atom. The predicted octanol–water partition coefficient (Wildman–Crippen LogP) is 1.92. The minimum atomic E-state index is 0. The zero-order valence-electron chi connectivity index (χ0n) is 15.1. The van der Waals surface area contributed by atoms with Gasteiger partial charge in [-0.25, -0.2) is 0 Å². The first-order chi connectivity index (χ1) is 11.1. The van der Waals surface area contributed by atoms with E-state index in [1.165, 1.54) is 19.3 Å². The smallest absolute Gasteiger partial charge is 0.227 e. The maximum absolute atomic E-state index is 12.9. The van der Waals surface area contributed by atoms with Crippen LogP contribution in [0.3, 0.4) is 0 Å². The van der Waals surface area contributed by atoms with Gasteiger partial charge in [0.1, 0.15) is 0 Å². The first-order valence-corrected chi connectivity index (χ1v) is 9.53. The van der Waals surface area contributed by atoms with Crippen LogP contribution in [-0.2, 0) is 9.53 Å². The van der Waals surface area contributed by atoms with Crippen LogP contribution in [0.25, 0.3) is 0 Å². The fourth-order valence-corrected chi connectivity index (χ4v) is 5.54. The van der Waals surface area contributed by atoms with E-state index in [9.17, 15) is 4.79 Å². The van der Waals surface area contributed by atoms with Gasteiger partial charge in [-0.15, -0.1) is 24.8 Å². The van der Waals surface area contributed by atoms with Gasteiger partial charge in [0.15, 0.2) is 0 Å². The van der Waals surface area contributed by atoms with Gasteiger partial charge < -0.3 is 15.4 Å². The summed E-state index contributed by atoms with van der Waals surface area (Å²) in [6, 6.07) is 0.748. The van der Waals surface area contributed by atoms with E-state index in [4.69, 9.17) is 10.5 Å². The predicted molar refractivity (Wildman–Crippen MR) is 103 cm³/mol. The van der Waals surface area contributed by atoms with Crippen LogP contribution in [0.4, 0.5) is 0 Å². The van der Waals surface area contributed by atoms with Crippen LogP contribution < -0.4 is 5.73 Å². The molecule has 2 saturated carbocycles. The molecule has 146 valence electrons. The monoisotopic (exact) mass is 393 g/mol.